The van der Waals surface area contributed by atoms with Gasteiger partial charge < -0.3 is 5.73 Å². The molecule has 0 spiro atoms. The SMILES string of the molecule is Cc1ccc(CC(N)c2cccc(CC(C)C)c2)cc1. The van der Waals surface area contributed by atoms with Crippen molar-refractivity contribution in [2.24, 2.45) is 11.7 Å². The number of aryl methyl sites for hydroxylation is 1. The molecule has 0 aromatic heterocycles. The van der Waals surface area contributed by atoms with Crippen LogP contribution in [0, 0.1) is 12.8 Å². The van der Waals surface area contributed by atoms with E-state index in [2.05, 4.69) is 69.3 Å². The zero-order chi connectivity index (χ0) is 14.5. The number of hydrogen-bond donors (Lipinski definition) is 1. The summed E-state index contributed by atoms with van der Waals surface area (Å²) in [6.45, 7) is 6.61. The summed E-state index contributed by atoms with van der Waals surface area (Å²) in [6.07, 6.45) is 2.01. The van der Waals surface area contributed by atoms with E-state index in [0.717, 1.165) is 12.8 Å². The maximum atomic E-state index is 6.36. The average molecular weight is 267 g/mol. The Morgan fingerprint density at radius 3 is 2.25 bits per heavy atom. The van der Waals surface area contributed by atoms with Crippen molar-refractivity contribution in [2.45, 2.75) is 39.7 Å². The quantitative estimate of drug-likeness (QED) is 0.851. The van der Waals surface area contributed by atoms with Crippen LogP contribution in [0.15, 0.2) is 48.5 Å². The van der Waals surface area contributed by atoms with E-state index < -0.39 is 0 Å². The van der Waals surface area contributed by atoms with Gasteiger partial charge >= 0.3 is 0 Å². The highest BCUT2D eigenvalue weighted by molar-refractivity contribution is 5.29. The van der Waals surface area contributed by atoms with Crippen molar-refractivity contribution in [2.75, 3.05) is 0 Å². The summed E-state index contributed by atoms with van der Waals surface area (Å²) in [6, 6.07) is 17.4. The van der Waals surface area contributed by atoms with Gasteiger partial charge in [-0.2, -0.15) is 0 Å². The molecule has 0 heterocycles. The second-order valence-corrected chi connectivity index (χ2v) is 6.14. The standard InChI is InChI=1S/C19H25N/c1-14(2)11-17-5-4-6-18(12-17)19(20)13-16-9-7-15(3)8-10-16/h4-10,12,14,19H,11,13,20H2,1-3H3. The Morgan fingerprint density at radius 1 is 0.900 bits per heavy atom. The molecule has 0 aliphatic heterocycles. The molecule has 106 valence electrons. The van der Waals surface area contributed by atoms with Crippen molar-refractivity contribution in [1.29, 1.82) is 0 Å². The second-order valence-electron chi connectivity index (χ2n) is 6.14. The predicted octanol–water partition coefficient (Wildman–Crippen LogP) is 4.44. The summed E-state index contributed by atoms with van der Waals surface area (Å²) in [7, 11) is 0. The minimum absolute atomic E-state index is 0.0739. The van der Waals surface area contributed by atoms with E-state index in [1.165, 1.54) is 22.3 Å². The first-order chi connectivity index (χ1) is 9.54. The Hall–Kier alpha value is -1.60. The van der Waals surface area contributed by atoms with Crippen LogP contribution >= 0.6 is 0 Å². The Bertz CT molecular complexity index is 540. The summed E-state index contributed by atoms with van der Waals surface area (Å²) in [5.41, 5.74) is 11.6. The van der Waals surface area contributed by atoms with Gasteiger partial charge in [0.15, 0.2) is 0 Å². The zero-order valence-corrected chi connectivity index (χ0v) is 12.8. The van der Waals surface area contributed by atoms with Crippen LogP contribution in [0.5, 0.6) is 0 Å². The van der Waals surface area contributed by atoms with Gasteiger partial charge in [0.05, 0.1) is 0 Å². The van der Waals surface area contributed by atoms with Gasteiger partial charge in [-0.05, 0) is 42.4 Å². The first kappa shape index (κ1) is 14.8. The monoisotopic (exact) mass is 267 g/mol. The molecular formula is C19H25N. The van der Waals surface area contributed by atoms with Gasteiger partial charge in [-0.3, -0.25) is 0 Å². The molecule has 1 atom stereocenters. The Kier molecular flexibility index (Phi) is 4.97. The van der Waals surface area contributed by atoms with Gasteiger partial charge in [0.25, 0.3) is 0 Å². The predicted molar refractivity (Wildman–Crippen MR) is 86.8 cm³/mol. The molecule has 0 radical (unpaired) electrons. The average Bonchev–Trinajstić information content (AvgIpc) is 2.41. The van der Waals surface area contributed by atoms with Gasteiger partial charge in [0.2, 0.25) is 0 Å². The summed E-state index contributed by atoms with van der Waals surface area (Å²) < 4.78 is 0. The minimum Gasteiger partial charge on any atom is -0.324 e. The molecule has 0 saturated carbocycles. The van der Waals surface area contributed by atoms with Crippen LogP contribution in [0.3, 0.4) is 0 Å². The lowest BCUT2D eigenvalue weighted by atomic mass is 9.95. The molecule has 0 amide bonds. The van der Waals surface area contributed by atoms with E-state index >= 15 is 0 Å². The van der Waals surface area contributed by atoms with Crippen molar-refractivity contribution in [1.82, 2.24) is 0 Å². The van der Waals surface area contributed by atoms with Crippen molar-refractivity contribution < 1.29 is 0 Å². The van der Waals surface area contributed by atoms with Crippen LogP contribution in [0.1, 0.15) is 42.1 Å². The summed E-state index contributed by atoms with van der Waals surface area (Å²) >= 11 is 0. The molecule has 0 aliphatic carbocycles. The first-order valence-corrected chi connectivity index (χ1v) is 7.44. The Balaban J connectivity index is 2.08. The van der Waals surface area contributed by atoms with Crippen molar-refractivity contribution in [3.8, 4) is 0 Å². The highest BCUT2D eigenvalue weighted by Crippen LogP contribution is 2.19. The highest BCUT2D eigenvalue weighted by atomic mass is 14.6. The van der Waals surface area contributed by atoms with Gasteiger partial charge in [0, 0.05) is 6.04 Å². The van der Waals surface area contributed by atoms with E-state index in [-0.39, 0.29) is 6.04 Å². The van der Waals surface area contributed by atoms with Crippen molar-refractivity contribution in [3.63, 3.8) is 0 Å². The fourth-order valence-corrected chi connectivity index (χ4v) is 2.52. The fraction of sp³-hybridized carbons (Fsp3) is 0.368. The third-order valence-electron chi connectivity index (χ3n) is 3.60. The van der Waals surface area contributed by atoms with E-state index in [1.807, 2.05) is 0 Å². The van der Waals surface area contributed by atoms with Crippen LogP contribution in [0.4, 0.5) is 0 Å². The molecule has 0 aliphatic rings. The maximum absolute atomic E-state index is 6.36. The van der Waals surface area contributed by atoms with Gasteiger partial charge in [0.1, 0.15) is 0 Å². The normalized spacial score (nSPS) is 12.7. The van der Waals surface area contributed by atoms with Crippen LogP contribution in [-0.2, 0) is 12.8 Å². The number of rotatable bonds is 5. The van der Waals surface area contributed by atoms with E-state index in [9.17, 15) is 0 Å². The van der Waals surface area contributed by atoms with Gasteiger partial charge in [-0.15, -0.1) is 0 Å². The lowest BCUT2D eigenvalue weighted by molar-refractivity contribution is 0.644. The Morgan fingerprint density at radius 2 is 1.60 bits per heavy atom. The lowest BCUT2D eigenvalue weighted by Crippen LogP contribution is -2.13. The van der Waals surface area contributed by atoms with Gasteiger partial charge in [-0.1, -0.05) is 67.9 Å². The summed E-state index contributed by atoms with van der Waals surface area (Å²) in [5.74, 6) is 0.679. The third-order valence-corrected chi connectivity index (χ3v) is 3.60. The molecule has 1 heteroatoms. The molecule has 2 aromatic rings. The smallest absolute Gasteiger partial charge is 0.0335 e. The number of nitrogens with two attached hydrogens (primary N) is 1. The third kappa shape index (κ3) is 4.21. The zero-order valence-electron chi connectivity index (χ0n) is 12.8. The second kappa shape index (κ2) is 6.71. The van der Waals surface area contributed by atoms with E-state index in [0.29, 0.717) is 5.92 Å². The Labute approximate surface area is 122 Å². The van der Waals surface area contributed by atoms with E-state index in [4.69, 9.17) is 5.73 Å². The minimum atomic E-state index is 0.0739. The van der Waals surface area contributed by atoms with Crippen LogP contribution < -0.4 is 5.73 Å². The molecule has 0 saturated heterocycles. The number of hydrogen-bond acceptors (Lipinski definition) is 1. The molecule has 2 N–H and O–H groups in total. The fourth-order valence-electron chi connectivity index (χ4n) is 2.52. The molecule has 1 unspecified atom stereocenters. The maximum Gasteiger partial charge on any atom is 0.0335 e. The topological polar surface area (TPSA) is 26.0 Å². The highest BCUT2D eigenvalue weighted by Gasteiger charge is 2.08. The first-order valence-electron chi connectivity index (χ1n) is 7.44. The van der Waals surface area contributed by atoms with Crippen molar-refractivity contribution in [3.05, 3.63) is 70.8 Å². The van der Waals surface area contributed by atoms with Crippen molar-refractivity contribution >= 4 is 0 Å². The summed E-state index contributed by atoms with van der Waals surface area (Å²) in [4.78, 5) is 0. The molecule has 1 nitrogen and oxygen atoms in total. The van der Waals surface area contributed by atoms with E-state index in [1.54, 1.807) is 0 Å². The molecule has 0 bridgehead atoms. The molecule has 0 fully saturated rings. The van der Waals surface area contributed by atoms with Crippen LogP contribution in [0.2, 0.25) is 0 Å². The van der Waals surface area contributed by atoms with Crippen LogP contribution in [0.25, 0.3) is 0 Å². The largest absolute Gasteiger partial charge is 0.324 e. The summed E-state index contributed by atoms with van der Waals surface area (Å²) in [5, 5.41) is 0. The number of benzene rings is 2. The van der Waals surface area contributed by atoms with Crippen LogP contribution in [-0.4, -0.2) is 0 Å². The molecule has 20 heavy (non-hydrogen) atoms. The molecule has 2 aromatic carbocycles. The lowest BCUT2D eigenvalue weighted by Gasteiger charge is -2.14. The molecule has 2 rings (SSSR count). The van der Waals surface area contributed by atoms with Gasteiger partial charge in [-0.25, -0.2) is 0 Å². The molecular weight excluding hydrogens is 242 g/mol.